The number of rotatable bonds is 6. The number of hydrogen-bond acceptors (Lipinski definition) is 6. The summed E-state index contributed by atoms with van der Waals surface area (Å²) in [5.74, 6) is -0.171. The minimum atomic E-state index is -0.440. The summed E-state index contributed by atoms with van der Waals surface area (Å²) in [6.07, 6.45) is 2.77. The molecule has 0 saturated carbocycles. The van der Waals surface area contributed by atoms with Crippen molar-refractivity contribution in [1.82, 2.24) is 9.88 Å². The summed E-state index contributed by atoms with van der Waals surface area (Å²) in [6.45, 7) is -0.0233. The number of carbonyl (C=O) groups is 3. The molecule has 134 valence electrons. The highest BCUT2D eigenvalue weighted by atomic mass is 16.5. The number of imide groups is 1. The molecule has 1 N–H and O–H groups in total. The minimum absolute atomic E-state index is 0.0233. The number of amides is 3. The molecule has 3 rings (SSSR count). The van der Waals surface area contributed by atoms with E-state index in [2.05, 4.69) is 10.3 Å². The van der Waals surface area contributed by atoms with E-state index in [1.165, 1.54) is 32.7 Å². The lowest BCUT2D eigenvalue weighted by atomic mass is 10.2. The summed E-state index contributed by atoms with van der Waals surface area (Å²) in [6, 6.07) is 6.51. The molecule has 8 nitrogen and oxygen atoms in total. The number of carbonyl (C=O) groups excluding carboxylic acids is 3. The number of hydrogen-bond donors (Lipinski definition) is 1. The van der Waals surface area contributed by atoms with E-state index >= 15 is 0 Å². The van der Waals surface area contributed by atoms with Crippen LogP contribution in [0.2, 0.25) is 0 Å². The zero-order valence-electron chi connectivity index (χ0n) is 14.3. The van der Waals surface area contributed by atoms with Gasteiger partial charge in [-0.3, -0.25) is 24.3 Å². The van der Waals surface area contributed by atoms with E-state index in [1.54, 1.807) is 18.2 Å². The number of nitrogens with one attached hydrogen (secondary N) is 1. The molecule has 8 heteroatoms. The first-order valence-corrected chi connectivity index (χ1v) is 7.87. The van der Waals surface area contributed by atoms with Crippen molar-refractivity contribution >= 4 is 23.4 Å². The second-order valence-electron chi connectivity index (χ2n) is 5.55. The number of pyridine rings is 1. The smallest absolute Gasteiger partial charge is 0.263 e. The Kier molecular flexibility index (Phi) is 4.83. The summed E-state index contributed by atoms with van der Waals surface area (Å²) in [5.41, 5.74) is 1.01. The second kappa shape index (κ2) is 7.22. The number of benzene rings is 1. The Morgan fingerprint density at radius 2 is 1.88 bits per heavy atom. The molecule has 1 aromatic carbocycles. The van der Waals surface area contributed by atoms with Crippen LogP contribution < -0.4 is 14.8 Å². The number of ether oxygens (including phenoxy) is 2. The maximum absolute atomic E-state index is 12.3. The van der Waals surface area contributed by atoms with Gasteiger partial charge in [0.25, 0.3) is 11.8 Å². The topological polar surface area (TPSA) is 97.8 Å². The molecule has 0 radical (unpaired) electrons. The van der Waals surface area contributed by atoms with Crippen molar-refractivity contribution in [3.05, 3.63) is 47.8 Å². The van der Waals surface area contributed by atoms with Crippen molar-refractivity contribution < 1.29 is 23.9 Å². The largest absolute Gasteiger partial charge is 0.497 e. The molecule has 0 atom stereocenters. The fourth-order valence-corrected chi connectivity index (χ4v) is 2.68. The first-order valence-electron chi connectivity index (χ1n) is 7.87. The minimum Gasteiger partial charge on any atom is -0.497 e. The van der Waals surface area contributed by atoms with Crippen LogP contribution in [0.25, 0.3) is 0 Å². The highest BCUT2D eigenvalue weighted by Gasteiger charge is 2.35. The fourth-order valence-electron chi connectivity index (χ4n) is 2.68. The number of aromatic nitrogens is 1. The molecule has 0 unspecified atom stereocenters. The lowest BCUT2D eigenvalue weighted by Crippen LogP contribution is -2.32. The molecular formula is C18H17N3O5. The third-order valence-electron chi connectivity index (χ3n) is 4.02. The zero-order valence-corrected chi connectivity index (χ0v) is 14.3. The fraction of sp³-hybridized carbons (Fsp3) is 0.222. The first-order chi connectivity index (χ1) is 12.5. The third kappa shape index (κ3) is 3.21. The van der Waals surface area contributed by atoms with Crippen molar-refractivity contribution in [2.45, 2.75) is 6.42 Å². The van der Waals surface area contributed by atoms with Crippen LogP contribution >= 0.6 is 0 Å². The Labute approximate surface area is 149 Å². The van der Waals surface area contributed by atoms with Gasteiger partial charge in [0, 0.05) is 31.4 Å². The van der Waals surface area contributed by atoms with Gasteiger partial charge in [-0.2, -0.15) is 0 Å². The molecule has 1 aliphatic heterocycles. The van der Waals surface area contributed by atoms with E-state index in [0.717, 1.165) is 4.90 Å². The second-order valence-corrected chi connectivity index (χ2v) is 5.55. The Bertz CT molecular complexity index is 846. The third-order valence-corrected chi connectivity index (χ3v) is 4.02. The van der Waals surface area contributed by atoms with Crippen LogP contribution in [0.3, 0.4) is 0 Å². The van der Waals surface area contributed by atoms with Gasteiger partial charge in [0.15, 0.2) is 0 Å². The molecule has 0 fully saturated rings. The number of fused-ring (bicyclic) bond motifs is 1. The summed E-state index contributed by atoms with van der Waals surface area (Å²) >= 11 is 0. The quantitative estimate of drug-likeness (QED) is 0.793. The van der Waals surface area contributed by atoms with Crippen molar-refractivity contribution in [1.29, 1.82) is 0 Å². The molecular weight excluding hydrogens is 338 g/mol. The van der Waals surface area contributed by atoms with E-state index in [4.69, 9.17) is 9.47 Å². The van der Waals surface area contributed by atoms with Crippen LogP contribution in [0.5, 0.6) is 11.5 Å². The van der Waals surface area contributed by atoms with Gasteiger partial charge in [0.1, 0.15) is 11.5 Å². The number of nitrogens with zero attached hydrogens (tertiary/aromatic N) is 2. The van der Waals surface area contributed by atoms with Crippen LogP contribution in [0, 0.1) is 0 Å². The van der Waals surface area contributed by atoms with Gasteiger partial charge >= 0.3 is 0 Å². The SMILES string of the molecule is COc1ccc(OC)c(NC(=O)CCN2C(=O)c3ccncc3C2=O)c1. The maximum Gasteiger partial charge on any atom is 0.263 e. The zero-order chi connectivity index (χ0) is 18.7. The highest BCUT2D eigenvalue weighted by Crippen LogP contribution is 2.29. The summed E-state index contributed by atoms with van der Waals surface area (Å²) in [5, 5.41) is 2.71. The van der Waals surface area contributed by atoms with Crippen molar-refractivity contribution in [3.63, 3.8) is 0 Å². The van der Waals surface area contributed by atoms with Crippen LogP contribution in [0.4, 0.5) is 5.69 Å². The first kappa shape index (κ1) is 17.4. The molecule has 3 amide bonds. The molecule has 0 spiro atoms. The predicted molar refractivity (Wildman–Crippen MR) is 92.4 cm³/mol. The van der Waals surface area contributed by atoms with Gasteiger partial charge in [0.2, 0.25) is 5.91 Å². The van der Waals surface area contributed by atoms with Gasteiger partial charge in [-0.05, 0) is 18.2 Å². The van der Waals surface area contributed by atoms with E-state index in [0.29, 0.717) is 22.7 Å². The molecule has 1 aromatic heterocycles. The molecule has 2 heterocycles. The summed E-state index contributed by atoms with van der Waals surface area (Å²) in [4.78, 5) is 41.7. The number of anilines is 1. The van der Waals surface area contributed by atoms with Gasteiger partial charge in [-0.25, -0.2) is 0 Å². The van der Waals surface area contributed by atoms with Crippen LogP contribution in [-0.2, 0) is 4.79 Å². The number of methoxy groups -OCH3 is 2. The van der Waals surface area contributed by atoms with Gasteiger partial charge in [0.05, 0.1) is 31.0 Å². The van der Waals surface area contributed by atoms with E-state index < -0.39 is 11.8 Å². The van der Waals surface area contributed by atoms with Crippen molar-refractivity contribution in [2.75, 3.05) is 26.1 Å². The molecule has 0 aliphatic carbocycles. The standard InChI is InChI=1S/C18H17N3O5/c1-25-11-3-4-15(26-2)14(9-11)20-16(22)6-8-21-17(23)12-5-7-19-10-13(12)18(21)24/h3-5,7,9-10H,6,8H2,1-2H3,(H,20,22). The molecule has 2 aromatic rings. The monoisotopic (exact) mass is 355 g/mol. The molecule has 26 heavy (non-hydrogen) atoms. The average Bonchev–Trinajstić information content (AvgIpc) is 2.91. The Hall–Kier alpha value is -3.42. The molecule has 0 saturated heterocycles. The van der Waals surface area contributed by atoms with Gasteiger partial charge < -0.3 is 14.8 Å². The summed E-state index contributed by atoms with van der Waals surface area (Å²) < 4.78 is 10.3. The van der Waals surface area contributed by atoms with Crippen LogP contribution in [-0.4, -0.2) is 48.4 Å². The van der Waals surface area contributed by atoms with Crippen molar-refractivity contribution in [2.24, 2.45) is 0 Å². The summed E-state index contributed by atoms with van der Waals surface area (Å²) in [7, 11) is 3.01. The Morgan fingerprint density at radius 3 is 2.58 bits per heavy atom. The van der Waals surface area contributed by atoms with E-state index in [-0.39, 0.29) is 24.4 Å². The average molecular weight is 355 g/mol. The van der Waals surface area contributed by atoms with Crippen LogP contribution in [0.15, 0.2) is 36.7 Å². The van der Waals surface area contributed by atoms with Gasteiger partial charge in [-0.1, -0.05) is 0 Å². The maximum atomic E-state index is 12.3. The lowest BCUT2D eigenvalue weighted by Gasteiger charge is -2.15. The lowest BCUT2D eigenvalue weighted by molar-refractivity contribution is -0.116. The van der Waals surface area contributed by atoms with E-state index in [1.807, 2.05) is 0 Å². The molecule has 0 bridgehead atoms. The van der Waals surface area contributed by atoms with Crippen molar-refractivity contribution in [3.8, 4) is 11.5 Å². The normalized spacial score (nSPS) is 12.8. The van der Waals surface area contributed by atoms with Crippen LogP contribution in [0.1, 0.15) is 27.1 Å². The predicted octanol–water partition coefficient (Wildman–Crippen LogP) is 1.72. The van der Waals surface area contributed by atoms with Gasteiger partial charge in [-0.15, -0.1) is 0 Å². The molecule has 1 aliphatic rings. The Morgan fingerprint density at radius 1 is 1.12 bits per heavy atom. The Balaban J connectivity index is 1.66. The van der Waals surface area contributed by atoms with E-state index in [9.17, 15) is 14.4 Å². The highest BCUT2D eigenvalue weighted by molar-refractivity contribution is 6.21.